The average Bonchev–Trinajstić information content (AvgIpc) is 2.38. The first-order valence-electron chi connectivity index (χ1n) is 6.85. The predicted molar refractivity (Wildman–Crippen MR) is 88.4 cm³/mol. The molecule has 2 heteroatoms. The van der Waals surface area contributed by atoms with E-state index in [1.54, 1.807) is 0 Å². The number of halogens is 1. The summed E-state index contributed by atoms with van der Waals surface area (Å²) in [6, 6.07) is 14.6. The van der Waals surface area contributed by atoms with Crippen LogP contribution >= 0.6 is 15.9 Å². The molecule has 0 saturated heterocycles. The van der Waals surface area contributed by atoms with Crippen LogP contribution in [0.1, 0.15) is 37.5 Å². The smallest absolute Gasteiger partial charge is 0.122 e. The van der Waals surface area contributed by atoms with Crippen LogP contribution in [-0.4, -0.2) is 0 Å². The van der Waals surface area contributed by atoms with Crippen LogP contribution in [0.2, 0.25) is 0 Å². The summed E-state index contributed by atoms with van der Waals surface area (Å²) in [6.07, 6.45) is 0. The van der Waals surface area contributed by atoms with Gasteiger partial charge in [0.15, 0.2) is 0 Å². The van der Waals surface area contributed by atoms with Crippen molar-refractivity contribution in [2.45, 2.75) is 39.7 Å². The maximum absolute atomic E-state index is 5.94. The Balaban J connectivity index is 2.13. The van der Waals surface area contributed by atoms with Gasteiger partial charge >= 0.3 is 0 Å². The van der Waals surface area contributed by atoms with Crippen molar-refractivity contribution in [3.8, 4) is 5.75 Å². The van der Waals surface area contributed by atoms with Crippen LogP contribution in [0.25, 0.3) is 0 Å². The van der Waals surface area contributed by atoms with Crippen LogP contribution < -0.4 is 4.74 Å². The molecule has 0 spiro atoms. The summed E-state index contributed by atoms with van der Waals surface area (Å²) < 4.78 is 7.03. The van der Waals surface area contributed by atoms with E-state index in [0.717, 1.165) is 15.8 Å². The SMILES string of the molecule is Cc1cc(C(C)(C)C)ccc1OCc1ccccc1Br. The third-order valence-electron chi connectivity index (χ3n) is 3.38. The average molecular weight is 333 g/mol. The normalized spacial score (nSPS) is 11.4. The molecule has 2 aromatic carbocycles. The Morgan fingerprint density at radius 2 is 1.75 bits per heavy atom. The van der Waals surface area contributed by atoms with Gasteiger partial charge in [-0.15, -0.1) is 0 Å². The van der Waals surface area contributed by atoms with Gasteiger partial charge < -0.3 is 4.74 Å². The molecule has 0 aromatic heterocycles. The first kappa shape index (κ1) is 15.1. The van der Waals surface area contributed by atoms with E-state index >= 15 is 0 Å². The highest BCUT2D eigenvalue weighted by Crippen LogP contribution is 2.28. The Morgan fingerprint density at radius 1 is 1.05 bits per heavy atom. The molecule has 0 atom stereocenters. The van der Waals surface area contributed by atoms with Crippen molar-refractivity contribution >= 4 is 15.9 Å². The highest BCUT2D eigenvalue weighted by molar-refractivity contribution is 9.10. The van der Waals surface area contributed by atoms with Gasteiger partial charge in [-0.3, -0.25) is 0 Å². The van der Waals surface area contributed by atoms with E-state index in [-0.39, 0.29) is 5.41 Å². The Morgan fingerprint density at radius 3 is 2.35 bits per heavy atom. The Bertz CT molecular complexity index is 597. The molecule has 0 aliphatic heterocycles. The van der Waals surface area contributed by atoms with Crippen molar-refractivity contribution in [1.82, 2.24) is 0 Å². The van der Waals surface area contributed by atoms with Gasteiger partial charge in [0, 0.05) is 10.0 Å². The van der Waals surface area contributed by atoms with Crippen LogP contribution in [0.5, 0.6) is 5.75 Å². The van der Waals surface area contributed by atoms with Crippen molar-refractivity contribution in [3.05, 3.63) is 63.6 Å². The minimum Gasteiger partial charge on any atom is -0.489 e. The van der Waals surface area contributed by atoms with E-state index in [4.69, 9.17) is 4.74 Å². The number of benzene rings is 2. The first-order chi connectivity index (χ1) is 9.38. The maximum atomic E-state index is 5.94. The maximum Gasteiger partial charge on any atom is 0.122 e. The fourth-order valence-electron chi connectivity index (χ4n) is 2.05. The van der Waals surface area contributed by atoms with Crippen LogP contribution in [0.15, 0.2) is 46.9 Å². The zero-order valence-electron chi connectivity index (χ0n) is 12.5. The van der Waals surface area contributed by atoms with Crippen LogP contribution in [0.3, 0.4) is 0 Å². The minimum absolute atomic E-state index is 0.172. The summed E-state index contributed by atoms with van der Waals surface area (Å²) in [5, 5.41) is 0. The van der Waals surface area contributed by atoms with Gasteiger partial charge in [0.1, 0.15) is 12.4 Å². The van der Waals surface area contributed by atoms with Crippen LogP contribution in [0, 0.1) is 6.92 Å². The lowest BCUT2D eigenvalue weighted by atomic mass is 9.86. The summed E-state index contributed by atoms with van der Waals surface area (Å²) in [5.41, 5.74) is 3.85. The molecule has 0 aliphatic rings. The molecular formula is C18H21BrO. The highest BCUT2D eigenvalue weighted by Gasteiger charge is 2.14. The van der Waals surface area contributed by atoms with Gasteiger partial charge in [0.05, 0.1) is 0 Å². The molecule has 0 unspecified atom stereocenters. The molecule has 1 nitrogen and oxygen atoms in total. The minimum atomic E-state index is 0.172. The van der Waals surface area contributed by atoms with Crippen molar-refractivity contribution in [2.75, 3.05) is 0 Å². The van der Waals surface area contributed by atoms with Gasteiger partial charge in [-0.25, -0.2) is 0 Å². The third-order valence-corrected chi connectivity index (χ3v) is 4.16. The molecule has 0 bridgehead atoms. The molecule has 0 amide bonds. The quantitative estimate of drug-likeness (QED) is 0.707. The van der Waals surface area contributed by atoms with Crippen molar-refractivity contribution in [1.29, 1.82) is 0 Å². The molecule has 20 heavy (non-hydrogen) atoms. The Labute approximate surface area is 130 Å². The molecule has 0 N–H and O–H groups in total. The molecule has 0 fully saturated rings. The van der Waals surface area contributed by atoms with Gasteiger partial charge in [-0.1, -0.05) is 67.0 Å². The summed E-state index contributed by atoms with van der Waals surface area (Å²) in [7, 11) is 0. The molecule has 106 valence electrons. The van der Waals surface area contributed by atoms with E-state index in [2.05, 4.69) is 67.9 Å². The van der Waals surface area contributed by atoms with Crippen molar-refractivity contribution in [2.24, 2.45) is 0 Å². The largest absolute Gasteiger partial charge is 0.489 e. The molecular weight excluding hydrogens is 312 g/mol. The lowest BCUT2D eigenvalue weighted by molar-refractivity contribution is 0.303. The van der Waals surface area contributed by atoms with Crippen LogP contribution in [-0.2, 0) is 12.0 Å². The van der Waals surface area contributed by atoms with Crippen molar-refractivity contribution < 1.29 is 4.74 Å². The number of hydrogen-bond acceptors (Lipinski definition) is 1. The van der Waals surface area contributed by atoms with E-state index < -0.39 is 0 Å². The van der Waals surface area contributed by atoms with E-state index in [9.17, 15) is 0 Å². The topological polar surface area (TPSA) is 9.23 Å². The lowest BCUT2D eigenvalue weighted by Gasteiger charge is -2.20. The van der Waals surface area contributed by atoms with Crippen molar-refractivity contribution in [3.63, 3.8) is 0 Å². The molecule has 0 aliphatic carbocycles. The first-order valence-corrected chi connectivity index (χ1v) is 7.64. The Kier molecular flexibility index (Phi) is 4.54. The van der Waals surface area contributed by atoms with E-state index in [1.807, 2.05) is 18.2 Å². The lowest BCUT2D eigenvalue weighted by Crippen LogP contribution is -2.11. The zero-order valence-corrected chi connectivity index (χ0v) is 14.1. The zero-order chi connectivity index (χ0) is 14.8. The van der Waals surface area contributed by atoms with E-state index in [1.165, 1.54) is 11.1 Å². The molecule has 0 radical (unpaired) electrons. The Hall–Kier alpha value is -1.28. The third kappa shape index (κ3) is 3.63. The number of aryl methyl sites for hydroxylation is 1. The van der Waals surface area contributed by atoms with Gasteiger partial charge in [-0.05, 0) is 35.6 Å². The van der Waals surface area contributed by atoms with Gasteiger partial charge in [-0.2, -0.15) is 0 Å². The predicted octanol–water partition coefficient (Wildman–Crippen LogP) is 5.63. The second-order valence-electron chi connectivity index (χ2n) is 6.11. The number of hydrogen-bond donors (Lipinski definition) is 0. The second kappa shape index (κ2) is 6.01. The summed E-state index contributed by atoms with van der Waals surface area (Å²) >= 11 is 3.55. The number of rotatable bonds is 3. The summed E-state index contributed by atoms with van der Waals surface area (Å²) in [6.45, 7) is 9.36. The fraction of sp³-hybridized carbons (Fsp3) is 0.333. The molecule has 0 saturated carbocycles. The monoisotopic (exact) mass is 332 g/mol. The standard InChI is InChI=1S/C18H21BrO/c1-13-11-15(18(2,3)4)9-10-17(13)20-12-14-7-5-6-8-16(14)19/h5-11H,12H2,1-4H3. The second-order valence-corrected chi connectivity index (χ2v) is 6.96. The number of ether oxygens (including phenoxy) is 1. The van der Waals surface area contributed by atoms with Crippen LogP contribution in [0.4, 0.5) is 0 Å². The fourth-order valence-corrected chi connectivity index (χ4v) is 2.45. The summed E-state index contributed by atoms with van der Waals surface area (Å²) in [4.78, 5) is 0. The van der Waals surface area contributed by atoms with Gasteiger partial charge in [0.2, 0.25) is 0 Å². The molecule has 2 aromatic rings. The molecule has 0 heterocycles. The van der Waals surface area contributed by atoms with Gasteiger partial charge in [0.25, 0.3) is 0 Å². The molecule has 2 rings (SSSR count). The highest BCUT2D eigenvalue weighted by atomic mass is 79.9. The van der Waals surface area contributed by atoms with E-state index in [0.29, 0.717) is 6.61 Å². The summed E-state index contributed by atoms with van der Waals surface area (Å²) in [5.74, 6) is 0.953.